The summed E-state index contributed by atoms with van der Waals surface area (Å²) >= 11 is 0. The second-order valence-corrected chi connectivity index (χ2v) is 5.06. The maximum absolute atomic E-state index is 12.6. The molecule has 0 aromatic heterocycles. The second-order valence-electron chi connectivity index (χ2n) is 5.06. The number of nitrogens with one attached hydrogen (secondary N) is 1. The molecule has 0 saturated heterocycles. The molecule has 0 spiro atoms. The Balaban J connectivity index is 2.42. The molecule has 0 heterocycles. The van der Waals surface area contributed by atoms with E-state index in [0.29, 0.717) is 18.1 Å². The van der Waals surface area contributed by atoms with Crippen LogP contribution in [0.1, 0.15) is 43.7 Å². The topological polar surface area (TPSA) is 50.4 Å². The molecule has 0 atom stereocenters. The number of rotatable bonds is 6. The minimum atomic E-state index is -4.36. The Morgan fingerprint density at radius 3 is 2.74 bits per heavy atom. The van der Waals surface area contributed by atoms with Crippen LogP contribution in [0, 0.1) is 11.8 Å². The lowest BCUT2D eigenvalue weighted by Gasteiger charge is -2.05. The maximum Gasteiger partial charge on any atom is 0.416 e. The molecule has 0 saturated carbocycles. The van der Waals surface area contributed by atoms with Gasteiger partial charge in [-0.15, -0.1) is 0 Å². The van der Waals surface area contributed by atoms with Gasteiger partial charge in [-0.05, 0) is 24.6 Å². The van der Waals surface area contributed by atoms with E-state index in [4.69, 9.17) is 5.73 Å². The number of hydrogen-bond donors (Lipinski definition) is 2. The van der Waals surface area contributed by atoms with E-state index in [0.717, 1.165) is 25.0 Å². The highest BCUT2D eigenvalue weighted by Gasteiger charge is 2.30. The molecule has 126 valence electrons. The van der Waals surface area contributed by atoms with Crippen molar-refractivity contribution in [1.82, 2.24) is 5.32 Å². The largest absolute Gasteiger partial charge is 0.416 e. The van der Waals surface area contributed by atoms with Gasteiger partial charge < -0.3 is 11.1 Å². The van der Waals surface area contributed by atoms with E-state index < -0.39 is 11.7 Å². The minimum absolute atomic E-state index is 0.237. The zero-order chi connectivity index (χ0) is 17.1. The van der Waals surface area contributed by atoms with E-state index in [-0.39, 0.29) is 6.54 Å². The van der Waals surface area contributed by atoms with Gasteiger partial charge in [-0.2, -0.15) is 13.2 Å². The summed E-state index contributed by atoms with van der Waals surface area (Å²) in [5.41, 5.74) is 5.28. The molecule has 0 unspecified atom stereocenters. The minimum Gasteiger partial charge on any atom is -0.370 e. The molecular formula is C17H22F3N3. The number of aliphatic imine (C=N–C) groups is 1. The zero-order valence-corrected chi connectivity index (χ0v) is 13.2. The van der Waals surface area contributed by atoms with Gasteiger partial charge in [0, 0.05) is 12.1 Å². The third-order valence-electron chi connectivity index (χ3n) is 3.07. The van der Waals surface area contributed by atoms with Crippen LogP contribution in [-0.2, 0) is 6.18 Å². The average molecular weight is 325 g/mol. The SMILES string of the molecule is CCCCCCN=C(N)NCC#Cc1cccc(C(F)(F)F)c1. The number of unbranched alkanes of at least 4 members (excludes halogenated alkanes) is 3. The van der Waals surface area contributed by atoms with Crippen LogP contribution in [-0.4, -0.2) is 19.0 Å². The van der Waals surface area contributed by atoms with Crippen molar-refractivity contribution in [1.29, 1.82) is 0 Å². The number of nitrogens with zero attached hydrogens (tertiary/aromatic N) is 1. The van der Waals surface area contributed by atoms with Crippen LogP contribution in [0.15, 0.2) is 29.3 Å². The molecule has 3 N–H and O–H groups in total. The molecule has 23 heavy (non-hydrogen) atoms. The zero-order valence-electron chi connectivity index (χ0n) is 13.2. The van der Waals surface area contributed by atoms with E-state index in [9.17, 15) is 13.2 Å². The summed E-state index contributed by atoms with van der Waals surface area (Å²) in [5.74, 6) is 5.71. The number of alkyl halides is 3. The normalized spacial score (nSPS) is 11.7. The fourth-order valence-electron chi connectivity index (χ4n) is 1.85. The highest BCUT2D eigenvalue weighted by molar-refractivity contribution is 5.78. The summed E-state index contributed by atoms with van der Waals surface area (Å²) < 4.78 is 37.7. The van der Waals surface area contributed by atoms with Crippen LogP contribution in [0.25, 0.3) is 0 Å². The van der Waals surface area contributed by atoms with Crippen molar-refractivity contribution in [3.8, 4) is 11.8 Å². The smallest absolute Gasteiger partial charge is 0.370 e. The molecule has 1 rings (SSSR count). The molecule has 6 heteroatoms. The summed E-state index contributed by atoms with van der Waals surface area (Å²) in [6, 6.07) is 4.92. The first kappa shape index (κ1) is 18.9. The number of guanidine groups is 1. The van der Waals surface area contributed by atoms with E-state index in [2.05, 4.69) is 29.1 Å². The highest BCUT2D eigenvalue weighted by Crippen LogP contribution is 2.29. The van der Waals surface area contributed by atoms with Crippen molar-refractivity contribution >= 4 is 5.96 Å². The van der Waals surface area contributed by atoms with Gasteiger partial charge >= 0.3 is 6.18 Å². The molecule has 1 aromatic rings. The lowest BCUT2D eigenvalue weighted by molar-refractivity contribution is -0.137. The van der Waals surface area contributed by atoms with E-state index in [1.807, 2.05) is 0 Å². The number of hydrogen-bond acceptors (Lipinski definition) is 1. The Kier molecular flexibility index (Phi) is 8.03. The van der Waals surface area contributed by atoms with Gasteiger partial charge in [0.2, 0.25) is 0 Å². The molecule has 1 aromatic carbocycles. The molecule has 0 aliphatic rings. The van der Waals surface area contributed by atoms with Crippen LogP contribution >= 0.6 is 0 Å². The molecule has 0 amide bonds. The average Bonchev–Trinajstić information content (AvgIpc) is 2.51. The van der Waals surface area contributed by atoms with Crippen molar-refractivity contribution < 1.29 is 13.2 Å². The Hall–Kier alpha value is -2.16. The standard InChI is InChI=1S/C17H22F3N3/c1-2-3-4-5-11-22-16(21)23-12-7-9-14-8-6-10-15(13-14)17(18,19)20/h6,8,10,13H,2-5,11-12H2,1H3,(H3,21,22,23). The lowest BCUT2D eigenvalue weighted by atomic mass is 10.1. The Labute approximate surface area is 135 Å². The maximum atomic E-state index is 12.6. The van der Waals surface area contributed by atoms with Gasteiger partial charge in [-0.1, -0.05) is 44.1 Å². The van der Waals surface area contributed by atoms with Crippen molar-refractivity contribution in [3.63, 3.8) is 0 Å². The Morgan fingerprint density at radius 1 is 1.26 bits per heavy atom. The monoisotopic (exact) mass is 325 g/mol. The number of benzene rings is 1. The first-order valence-corrected chi connectivity index (χ1v) is 7.63. The predicted octanol–water partition coefficient (Wildman–Crippen LogP) is 3.54. The molecule has 0 aliphatic carbocycles. The summed E-state index contributed by atoms with van der Waals surface area (Å²) in [6.45, 7) is 3.04. The van der Waals surface area contributed by atoms with Gasteiger partial charge in [0.25, 0.3) is 0 Å². The summed E-state index contributed by atoms with van der Waals surface area (Å²) in [5, 5.41) is 2.82. The first-order valence-electron chi connectivity index (χ1n) is 7.63. The molecule has 0 fully saturated rings. The third-order valence-corrected chi connectivity index (χ3v) is 3.07. The van der Waals surface area contributed by atoms with Crippen molar-refractivity contribution in [2.45, 2.75) is 38.8 Å². The van der Waals surface area contributed by atoms with Crippen molar-refractivity contribution in [2.24, 2.45) is 10.7 Å². The van der Waals surface area contributed by atoms with Crippen molar-refractivity contribution in [2.75, 3.05) is 13.1 Å². The first-order chi connectivity index (χ1) is 10.9. The molecule has 0 radical (unpaired) electrons. The fourth-order valence-corrected chi connectivity index (χ4v) is 1.85. The van der Waals surface area contributed by atoms with Crippen LogP contribution in [0.4, 0.5) is 13.2 Å². The van der Waals surface area contributed by atoms with Gasteiger partial charge in [-0.3, -0.25) is 4.99 Å². The molecule has 0 aliphatic heterocycles. The van der Waals surface area contributed by atoms with Crippen LogP contribution < -0.4 is 11.1 Å². The van der Waals surface area contributed by atoms with Gasteiger partial charge in [-0.25, -0.2) is 0 Å². The predicted molar refractivity (Wildman–Crippen MR) is 87.0 cm³/mol. The van der Waals surface area contributed by atoms with Gasteiger partial charge in [0.1, 0.15) is 0 Å². The Morgan fingerprint density at radius 2 is 2.04 bits per heavy atom. The van der Waals surface area contributed by atoms with Crippen molar-refractivity contribution in [3.05, 3.63) is 35.4 Å². The molecular weight excluding hydrogens is 303 g/mol. The van der Waals surface area contributed by atoms with Crippen LogP contribution in [0.5, 0.6) is 0 Å². The Bertz CT molecular complexity index is 568. The summed E-state index contributed by atoms with van der Waals surface area (Å²) in [6.07, 6.45) is 0.119. The van der Waals surface area contributed by atoms with E-state index in [1.165, 1.54) is 25.0 Å². The molecule has 3 nitrogen and oxygen atoms in total. The fraction of sp³-hybridized carbons (Fsp3) is 0.471. The quantitative estimate of drug-likeness (QED) is 0.364. The number of halogens is 3. The van der Waals surface area contributed by atoms with E-state index in [1.54, 1.807) is 0 Å². The third kappa shape index (κ3) is 8.15. The van der Waals surface area contributed by atoms with Crippen LogP contribution in [0.2, 0.25) is 0 Å². The van der Waals surface area contributed by atoms with E-state index >= 15 is 0 Å². The van der Waals surface area contributed by atoms with Gasteiger partial charge in [0.05, 0.1) is 12.1 Å². The van der Waals surface area contributed by atoms with Gasteiger partial charge in [0.15, 0.2) is 5.96 Å². The second kappa shape index (κ2) is 9.78. The summed E-state index contributed by atoms with van der Waals surface area (Å²) in [7, 11) is 0. The molecule has 0 bridgehead atoms. The number of nitrogens with two attached hydrogens (primary N) is 1. The highest BCUT2D eigenvalue weighted by atomic mass is 19.4. The summed E-state index contributed by atoms with van der Waals surface area (Å²) in [4.78, 5) is 4.15. The lowest BCUT2D eigenvalue weighted by Crippen LogP contribution is -2.32. The van der Waals surface area contributed by atoms with Crippen LogP contribution in [0.3, 0.4) is 0 Å².